The molecule has 0 aliphatic carbocycles. The van der Waals surface area contributed by atoms with Crippen molar-refractivity contribution in [2.45, 2.75) is 18.2 Å². The lowest BCUT2D eigenvalue weighted by molar-refractivity contribution is 0.318. The van der Waals surface area contributed by atoms with Crippen molar-refractivity contribution < 1.29 is 8.95 Å². The Labute approximate surface area is 122 Å². The standard InChI is InChI=1S/C16H19NO2S/c1-13-7-5-10-15(16(13)17)20(18)12-6-11-19-14-8-3-2-4-9-14/h2-5,7-10H,6,11-12,17H2,1H3. The Morgan fingerprint density at radius 3 is 2.60 bits per heavy atom. The summed E-state index contributed by atoms with van der Waals surface area (Å²) >= 11 is 0. The van der Waals surface area contributed by atoms with E-state index in [0.717, 1.165) is 22.6 Å². The first-order valence-corrected chi connectivity index (χ1v) is 7.91. The molecule has 0 bridgehead atoms. The van der Waals surface area contributed by atoms with Gasteiger partial charge in [0, 0.05) is 5.75 Å². The second kappa shape index (κ2) is 7.10. The Balaban J connectivity index is 1.82. The van der Waals surface area contributed by atoms with Crippen LogP contribution in [0, 0.1) is 6.92 Å². The molecule has 0 heterocycles. The van der Waals surface area contributed by atoms with Gasteiger partial charge in [0.15, 0.2) is 0 Å². The third kappa shape index (κ3) is 3.84. The summed E-state index contributed by atoms with van der Waals surface area (Å²) in [5.74, 6) is 1.40. The summed E-state index contributed by atoms with van der Waals surface area (Å²) in [5.41, 5.74) is 7.56. The predicted molar refractivity (Wildman–Crippen MR) is 83.4 cm³/mol. The molecule has 2 aromatic carbocycles. The molecule has 0 saturated carbocycles. The maximum atomic E-state index is 12.2. The third-order valence-electron chi connectivity index (χ3n) is 3.02. The van der Waals surface area contributed by atoms with E-state index in [0.29, 0.717) is 18.0 Å². The van der Waals surface area contributed by atoms with Gasteiger partial charge in [-0.15, -0.1) is 0 Å². The molecule has 1 unspecified atom stereocenters. The molecule has 4 heteroatoms. The predicted octanol–water partition coefficient (Wildman–Crippen LogP) is 3.15. The van der Waals surface area contributed by atoms with Gasteiger partial charge in [-0.25, -0.2) is 0 Å². The second-order valence-electron chi connectivity index (χ2n) is 4.55. The molecular formula is C16H19NO2S. The number of ether oxygens (including phenoxy) is 1. The zero-order chi connectivity index (χ0) is 14.4. The van der Waals surface area contributed by atoms with E-state index < -0.39 is 10.8 Å². The third-order valence-corrected chi connectivity index (χ3v) is 4.52. The van der Waals surface area contributed by atoms with Crippen LogP contribution in [-0.4, -0.2) is 16.6 Å². The Morgan fingerprint density at radius 1 is 1.10 bits per heavy atom. The summed E-state index contributed by atoms with van der Waals surface area (Å²) in [4.78, 5) is 0.727. The van der Waals surface area contributed by atoms with Crippen LogP contribution in [0.15, 0.2) is 53.4 Å². The molecule has 20 heavy (non-hydrogen) atoms. The van der Waals surface area contributed by atoms with Crippen LogP contribution >= 0.6 is 0 Å². The van der Waals surface area contributed by atoms with Gasteiger partial charge in [-0.05, 0) is 37.1 Å². The number of hydrogen-bond acceptors (Lipinski definition) is 3. The van der Waals surface area contributed by atoms with Gasteiger partial charge >= 0.3 is 0 Å². The van der Waals surface area contributed by atoms with E-state index in [2.05, 4.69) is 0 Å². The lowest BCUT2D eigenvalue weighted by Gasteiger charge is -2.09. The molecule has 0 saturated heterocycles. The molecular weight excluding hydrogens is 270 g/mol. The summed E-state index contributed by atoms with van der Waals surface area (Å²) < 4.78 is 17.8. The van der Waals surface area contributed by atoms with Crippen molar-refractivity contribution in [1.29, 1.82) is 0 Å². The Hall–Kier alpha value is -1.81. The lowest BCUT2D eigenvalue weighted by Crippen LogP contribution is -2.07. The number of hydrogen-bond donors (Lipinski definition) is 1. The zero-order valence-corrected chi connectivity index (χ0v) is 12.4. The van der Waals surface area contributed by atoms with Crippen molar-refractivity contribution in [3.05, 3.63) is 54.1 Å². The fraction of sp³-hybridized carbons (Fsp3) is 0.250. The highest BCUT2D eigenvalue weighted by molar-refractivity contribution is 7.85. The van der Waals surface area contributed by atoms with Crippen LogP contribution in [0.2, 0.25) is 0 Å². The molecule has 0 amide bonds. The van der Waals surface area contributed by atoms with Gasteiger partial charge in [-0.1, -0.05) is 30.3 Å². The quantitative estimate of drug-likeness (QED) is 0.656. The van der Waals surface area contributed by atoms with Gasteiger partial charge in [0.25, 0.3) is 0 Å². The number of nitrogens with two attached hydrogens (primary N) is 1. The highest BCUT2D eigenvalue weighted by atomic mass is 32.2. The Kier molecular flexibility index (Phi) is 5.18. The minimum Gasteiger partial charge on any atom is -0.494 e. The van der Waals surface area contributed by atoms with Crippen molar-refractivity contribution in [1.82, 2.24) is 0 Å². The molecule has 0 aliphatic rings. The van der Waals surface area contributed by atoms with Crippen LogP contribution in [-0.2, 0) is 10.8 Å². The number of benzene rings is 2. The van der Waals surface area contributed by atoms with Crippen molar-refractivity contribution in [3.8, 4) is 5.75 Å². The van der Waals surface area contributed by atoms with Crippen LogP contribution in [0.3, 0.4) is 0 Å². The number of para-hydroxylation sites is 2. The van der Waals surface area contributed by atoms with Gasteiger partial charge in [-0.2, -0.15) is 0 Å². The molecule has 106 valence electrons. The van der Waals surface area contributed by atoms with E-state index >= 15 is 0 Å². The minimum atomic E-state index is -1.07. The van der Waals surface area contributed by atoms with E-state index in [1.807, 2.05) is 55.5 Å². The van der Waals surface area contributed by atoms with E-state index in [9.17, 15) is 4.21 Å². The smallest absolute Gasteiger partial charge is 0.119 e. The molecule has 0 spiro atoms. The Bertz CT molecular complexity index is 584. The number of aryl methyl sites for hydroxylation is 1. The first-order chi connectivity index (χ1) is 9.68. The highest BCUT2D eigenvalue weighted by Crippen LogP contribution is 2.20. The van der Waals surface area contributed by atoms with Crippen LogP contribution in [0.1, 0.15) is 12.0 Å². The molecule has 0 fully saturated rings. The van der Waals surface area contributed by atoms with E-state index in [-0.39, 0.29) is 0 Å². The topological polar surface area (TPSA) is 52.3 Å². The fourth-order valence-electron chi connectivity index (χ4n) is 1.86. The average molecular weight is 289 g/mol. The van der Waals surface area contributed by atoms with Gasteiger partial charge in [0.1, 0.15) is 5.75 Å². The number of anilines is 1. The lowest BCUT2D eigenvalue weighted by atomic mass is 10.2. The van der Waals surface area contributed by atoms with Crippen molar-refractivity contribution in [3.63, 3.8) is 0 Å². The van der Waals surface area contributed by atoms with Crippen LogP contribution in [0.25, 0.3) is 0 Å². The maximum Gasteiger partial charge on any atom is 0.119 e. The van der Waals surface area contributed by atoms with E-state index in [4.69, 9.17) is 10.5 Å². The van der Waals surface area contributed by atoms with Crippen LogP contribution in [0.4, 0.5) is 5.69 Å². The molecule has 3 nitrogen and oxygen atoms in total. The zero-order valence-electron chi connectivity index (χ0n) is 11.5. The summed E-state index contributed by atoms with van der Waals surface area (Å²) in [6, 6.07) is 15.3. The molecule has 0 radical (unpaired) electrons. The largest absolute Gasteiger partial charge is 0.494 e. The van der Waals surface area contributed by atoms with Gasteiger partial charge in [0.05, 0.1) is 28.0 Å². The van der Waals surface area contributed by atoms with Gasteiger partial charge in [0.2, 0.25) is 0 Å². The second-order valence-corrected chi connectivity index (χ2v) is 6.09. The van der Waals surface area contributed by atoms with Gasteiger partial charge in [-0.3, -0.25) is 4.21 Å². The SMILES string of the molecule is Cc1cccc(S(=O)CCCOc2ccccc2)c1N. The van der Waals surface area contributed by atoms with Gasteiger partial charge < -0.3 is 10.5 Å². The van der Waals surface area contributed by atoms with E-state index in [1.165, 1.54) is 0 Å². The Morgan fingerprint density at radius 2 is 1.85 bits per heavy atom. The monoisotopic (exact) mass is 289 g/mol. The van der Waals surface area contributed by atoms with Crippen LogP contribution in [0.5, 0.6) is 5.75 Å². The fourth-order valence-corrected chi connectivity index (χ4v) is 3.10. The number of rotatable bonds is 6. The molecule has 1 atom stereocenters. The first kappa shape index (κ1) is 14.6. The minimum absolute atomic E-state index is 0.556. The number of nitrogen functional groups attached to an aromatic ring is 1. The molecule has 2 N–H and O–H groups in total. The summed E-state index contributed by atoms with van der Waals surface area (Å²) in [5, 5.41) is 0. The average Bonchev–Trinajstić information content (AvgIpc) is 2.47. The summed E-state index contributed by atoms with van der Waals surface area (Å²) in [7, 11) is -1.07. The normalized spacial score (nSPS) is 12.1. The van der Waals surface area contributed by atoms with Crippen molar-refractivity contribution in [2.75, 3.05) is 18.1 Å². The molecule has 0 aliphatic heterocycles. The van der Waals surface area contributed by atoms with E-state index in [1.54, 1.807) is 0 Å². The van der Waals surface area contributed by atoms with Crippen molar-refractivity contribution in [2.24, 2.45) is 0 Å². The summed E-state index contributed by atoms with van der Waals surface area (Å²) in [6.45, 7) is 2.48. The highest BCUT2D eigenvalue weighted by Gasteiger charge is 2.09. The molecule has 2 aromatic rings. The molecule has 0 aromatic heterocycles. The summed E-state index contributed by atoms with van der Waals surface area (Å²) in [6.07, 6.45) is 0.731. The van der Waals surface area contributed by atoms with Crippen molar-refractivity contribution >= 4 is 16.5 Å². The molecule has 2 rings (SSSR count). The van der Waals surface area contributed by atoms with Crippen LogP contribution < -0.4 is 10.5 Å². The maximum absolute atomic E-state index is 12.2. The first-order valence-electron chi connectivity index (χ1n) is 6.60.